The van der Waals surface area contributed by atoms with Crippen LogP contribution in [0.5, 0.6) is 5.75 Å². The van der Waals surface area contributed by atoms with Crippen LogP contribution in [0.4, 0.5) is 17.1 Å². The van der Waals surface area contributed by atoms with Crippen LogP contribution in [0, 0.1) is 0 Å². The molecule has 0 unspecified atom stereocenters. The maximum atomic E-state index is 10.0. The van der Waals surface area contributed by atoms with E-state index in [2.05, 4.69) is 29.0 Å². The van der Waals surface area contributed by atoms with Crippen LogP contribution in [0.3, 0.4) is 0 Å². The number of phenolic OH excluding ortho intramolecular Hbond substituents is 1. The zero-order chi connectivity index (χ0) is 14.4. The number of benzene rings is 2. The van der Waals surface area contributed by atoms with E-state index in [1.54, 1.807) is 12.1 Å². The van der Waals surface area contributed by atoms with Gasteiger partial charge >= 0.3 is 0 Å². The zero-order valence-electron chi connectivity index (χ0n) is 11.8. The van der Waals surface area contributed by atoms with Gasteiger partial charge in [0.1, 0.15) is 11.4 Å². The second-order valence-electron chi connectivity index (χ2n) is 4.38. The smallest absolute Gasteiger partial charge is 0.145 e. The minimum absolute atomic E-state index is 0.147. The summed E-state index contributed by atoms with van der Waals surface area (Å²) in [4.78, 5) is 2.16. The molecule has 4 nitrogen and oxygen atoms in total. The van der Waals surface area contributed by atoms with Crippen LogP contribution in [0.2, 0.25) is 0 Å². The van der Waals surface area contributed by atoms with E-state index in [4.69, 9.17) is 0 Å². The van der Waals surface area contributed by atoms with Crippen molar-refractivity contribution in [2.75, 3.05) is 18.0 Å². The van der Waals surface area contributed by atoms with E-state index in [0.717, 1.165) is 24.5 Å². The average Bonchev–Trinajstić information content (AvgIpc) is 2.49. The van der Waals surface area contributed by atoms with Gasteiger partial charge in [-0.2, -0.15) is 5.11 Å². The Bertz CT molecular complexity index is 578. The third kappa shape index (κ3) is 3.35. The van der Waals surface area contributed by atoms with Crippen molar-refractivity contribution >= 4 is 17.1 Å². The molecule has 0 saturated heterocycles. The molecule has 0 amide bonds. The lowest BCUT2D eigenvalue weighted by atomic mass is 10.2. The fourth-order valence-corrected chi connectivity index (χ4v) is 1.99. The molecule has 2 rings (SSSR count). The summed E-state index contributed by atoms with van der Waals surface area (Å²) in [5, 5.41) is 18.2. The highest BCUT2D eigenvalue weighted by atomic mass is 16.3. The lowest BCUT2D eigenvalue weighted by Crippen LogP contribution is -2.21. The third-order valence-electron chi connectivity index (χ3n) is 3.12. The van der Waals surface area contributed by atoms with Gasteiger partial charge in [0.05, 0.1) is 5.69 Å². The lowest BCUT2D eigenvalue weighted by Gasteiger charge is -2.21. The van der Waals surface area contributed by atoms with E-state index >= 15 is 0 Å². The predicted octanol–water partition coefficient (Wildman–Crippen LogP) is 4.65. The molecule has 0 heterocycles. The molecule has 0 aliphatic rings. The van der Waals surface area contributed by atoms with Gasteiger partial charge in [-0.15, -0.1) is 5.11 Å². The summed E-state index contributed by atoms with van der Waals surface area (Å²) >= 11 is 0. The molecule has 1 N–H and O–H groups in total. The van der Waals surface area contributed by atoms with Crippen molar-refractivity contribution in [1.29, 1.82) is 0 Å². The van der Waals surface area contributed by atoms with Gasteiger partial charge in [0.25, 0.3) is 0 Å². The van der Waals surface area contributed by atoms with Crippen molar-refractivity contribution in [3.8, 4) is 5.75 Å². The summed E-state index contributed by atoms with van der Waals surface area (Å²) in [6.45, 7) is 5.98. The fourth-order valence-electron chi connectivity index (χ4n) is 1.99. The lowest BCUT2D eigenvalue weighted by molar-refractivity contribution is 0.476. The van der Waals surface area contributed by atoms with Crippen molar-refractivity contribution in [3.63, 3.8) is 0 Å². The number of phenols is 1. The van der Waals surface area contributed by atoms with Gasteiger partial charge in [-0.3, -0.25) is 0 Å². The maximum Gasteiger partial charge on any atom is 0.145 e. The number of hydrogen-bond acceptors (Lipinski definition) is 4. The van der Waals surface area contributed by atoms with Crippen molar-refractivity contribution in [2.45, 2.75) is 13.8 Å². The molecular weight excluding hydrogens is 250 g/mol. The number of azo groups is 1. The van der Waals surface area contributed by atoms with Gasteiger partial charge in [0, 0.05) is 24.8 Å². The van der Waals surface area contributed by atoms with Crippen LogP contribution in [0.15, 0.2) is 58.8 Å². The molecule has 4 heteroatoms. The molecule has 0 atom stereocenters. The van der Waals surface area contributed by atoms with Gasteiger partial charge in [-0.05, 0) is 38.1 Å². The molecule has 0 aromatic heterocycles. The zero-order valence-corrected chi connectivity index (χ0v) is 11.8. The normalized spacial score (nSPS) is 10.9. The second kappa shape index (κ2) is 6.70. The Labute approximate surface area is 119 Å². The number of hydrogen-bond donors (Lipinski definition) is 1. The van der Waals surface area contributed by atoms with Crippen LogP contribution in [0.25, 0.3) is 0 Å². The Morgan fingerprint density at radius 2 is 1.65 bits per heavy atom. The van der Waals surface area contributed by atoms with Gasteiger partial charge in [-0.25, -0.2) is 0 Å². The standard InChI is InChI=1S/C16H19N3O/c1-3-19(4-2)14-10-11-15(16(20)12-14)18-17-13-8-6-5-7-9-13/h5-12,20H,3-4H2,1-2H3. The summed E-state index contributed by atoms with van der Waals surface area (Å²) < 4.78 is 0. The summed E-state index contributed by atoms with van der Waals surface area (Å²) in [5.74, 6) is 0.147. The Morgan fingerprint density at radius 1 is 0.950 bits per heavy atom. The van der Waals surface area contributed by atoms with E-state index in [9.17, 15) is 5.11 Å². The van der Waals surface area contributed by atoms with Crippen molar-refractivity contribution in [2.24, 2.45) is 10.2 Å². The number of aromatic hydroxyl groups is 1. The maximum absolute atomic E-state index is 10.0. The number of nitrogens with zero attached hydrogens (tertiary/aromatic N) is 3. The minimum atomic E-state index is 0.147. The molecule has 0 saturated carbocycles. The van der Waals surface area contributed by atoms with Crippen molar-refractivity contribution in [3.05, 3.63) is 48.5 Å². The Kier molecular flexibility index (Phi) is 4.71. The first-order valence-corrected chi connectivity index (χ1v) is 6.79. The van der Waals surface area contributed by atoms with Gasteiger partial charge in [-0.1, -0.05) is 18.2 Å². The first-order valence-electron chi connectivity index (χ1n) is 6.79. The molecule has 20 heavy (non-hydrogen) atoms. The molecule has 0 radical (unpaired) electrons. The van der Waals surface area contributed by atoms with Crippen molar-refractivity contribution in [1.82, 2.24) is 0 Å². The summed E-state index contributed by atoms with van der Waals surface area (Å²) in [7, 11) is 0. The first kappa shape index (κ1) is 14.1. The van der Waals surface area contributed by atoms with E-state index in [1.165, 1.54) is 0 Å². The summed E-state index contributed by atoms with van der Waals surface area (Å²) in [6.07, 6.45) is 0. The Morgan fingerprint density at radius 3 is 2.25 bits per heavy atom. The van der Waals surface area contributed by atoms with Crippen molar-refractivity contribution < 1.29 is 5.11 Å². The highest BCUT2D eigenvalue weighted by Crippen LogP contribution is 2.32. The largest absolute Gasteiger partial charge is 0.506 e. The first-order chi connectivity index (χ1) is 9.74. The van der Waals surface area contributed by atoms with E-state index in [-0.39, 0.29) is 5.75 Å². The average molecular weight is 269 g/mol. The fraction of sp³-hybridized carbons (Fsp3) is 0.250. The summed E-state index contributed by atoms with van der Waals surface area (Å²) in [6, 6.07) is 14.9. The van der Waals surface area contributed by atoms with Crippen LogP contribution < -0.4 is 4.90 Å². The van der Waals surface area contributed by atoms with Crippen LogP contribution >= 0.6 is 0 Å². The molecule has 2 aromatic rings. The minimum Gasteiger partial charge on any atom is -0.506 e. The molecule has 0 bridgehead atoms. The quantitative estimate of drug-likeness (QED) is 0.803. The number of rotatable bonds is 5. The third-order valence-corrected chi connectivity index (χ3v) is 3.12. The Balaban J connectivity index is 2.20. The molecule has 0 aliphatic carbocycles. The molecular formula is C16H19N3O. The van der Waals surface area contributed by atoms with E-state index in [1.807, 2.05) is 36.4 Å². The highest BCUT2D eigenvalue weighted by Gasteiger charge is 2.06. The number of anilines is 1. The topological polar surface area (TPSA) is 48.2 Å². The van der Waals surface area contributed by atoms with Crippen LogP contribution in [-0.4, -0.2) is 18.2 Å². The summed E-state index contributed by atoms with van der Waals surface area (Å²) in [5.41, 5.74) is 2.23. The van der Waals surface area contributed by atoms with Gasteiger partial charge < -0.3 is 10.0 Å². The van der Waals surface area contributed by atoms with Gasteiger partial charge in [0.2, 0.25) is 0 Å². The SMILES string of the molecule is CCN(CC)c1ccc(N=Nc2ccccc2)c(O)c1. The molecule has 0 aliphatic heterocycles. The molecule has 0 spiro atoms. The van der Waals surface area contributed by atoms with Gasteiger partial charge in [0.15, 0.2) is 0 Å². The second-order valence-corrected chi connectivity index (χ2v) is 4.38. The van der Waals surface area contributed by atoms with Crippen LogP contribution in [0.1, 0.15) is 13.8 Å². The predicted molar refractivity (Wildman–Crippen MR) is 82.3 cm³/mol. The molecule has 104 valence electrons. The molecule has 0 fully saturated rings. The van der Waals surface area contributed by atoms with E-state index in [0.29, 0.717) is 5.69 Å². The molecule has 2 aromatic carbocycles. The monoisotopic (exact) mass is 269 g/mol. The van der Waals surface area contributed by atoms with E-state index < -0.39 is 0 Å². The highest BCUT2D eigenvalue weighted by molar-refractivity contribution is 5.61. The Hall–Kier alpha value is -2.36. The van der Waals surface area contributed by atoms with Crippen LogP contribution in [-0.2, 0) is 0 Å².